The Morgan fingerprint density at radius 2 is 2.00 bits per heavy atom. The summed E-state index contributed by atoms with van der Waals surface area (Å²) in [7, 11) is 1.80. The molecule has 3 N–H and O–H groups in total. The monoisotopic (exact) mass is 432 g/mol. The van der Waals surface area contributed by atoms with Crippen LogP contribution in [-0.4, -0.2) is 44.8 Å². The smallest absolute Gasteiger partial charge is 0.191 e. The molecular formula is C17H29IN4O. The fourth-order valence-corrected chi connectivity index (χ4v) is 2.55. The molecule has 1 aromatic rings. The van der Waals surface area contributed by atoms with Gasteiger partial charge in [-0.25, -0.2) is 0 Å². The molecule has 1 aliphatic rings. The Kier molecular flexibility index (Phi) is 9.31. The van der Waals surface area contributed by atoms with Gasteiger partial charge in [0.25, 0.3) is 0 Å². The van der Waals surface area contributed by atoms with Crippen LogP contribution < -0.4 is 16.0 Å². The van der Waals surface area contributed by atoms with E-state index in [1.165, 1.54) is 0 Å². The van der Waals surface area contributed by atoms with Crippen LogP contribution in [0, 0.1) is 0 Å². The van der Waals surface area contributed by atoms with E-state index in [0.29, 0.717) is 0 Å². The molecule has 0 aliphatic carbocycles. The Bertz CT molecular complexity index is 461. The van der Waals surface area contributed by atoms with E-state index in [1.54, 1.807) is 7.05 Å². The average Bonchev–Trinajstić information content (AvgIpc) is 2.98. The van der Waals surface area contributed by atoms with Crippen molar-refractivity contribution < 1.29 is 4.74 Å². The van der Waals surface area contributed by atoms with Crippen LogP contribution in [0.1, 0.15) is 26.2 Å². The number of benzene rings is 1. The first-order valence-corrected chi connectivity index (χ1v) is 8.09. The number of hydrogen-bond acceptors (Lipinski definition) is 3. The summed E-state index contributed by atoms with van der Waals surface area (Å²) in [6.45, 7) is 5.65. The standard InChI is InChI=1S/C17H28N4O.HI/c1-17(10-6-13-22-17)14-21-16(18-2)20-12-7-11-19-15-8-4-3-5-9-15;/h3-5,8-9,19H,6-7,10-14H2,1-2H3,(H2,18,20,21);1H. The molecule has 2 rings (SSSR count). The van der Waals surface area contributed by atoms with Gasteiger partial charge in [-0.05, 0) is 38.3 Å². The highest BCUT2D eigenvalue weighted by molar-refractivity contribution is 14.0. The van der Waals surface area contributed by atoms with Crippen molar-refractivity contribution in [3.63, 3.8) is 0 Å². The van der Waals surface area contributed by atoms with Crippen molar-refractivity contribution in [3.8, 4) is 0 Å². The van der Waals surface area contributed by atoms with E-state index in [4.69, 9.17) is 4.74 Å². The van der Waals surface area contributed by atoms with Crippen LogP contribution in [0.25, 0.3) is 0 Å². The SMILES string of the molecule is CN=C(NCCCNc1ccccc1)NCC1(C)CCCO1.I. The van der Waals surface area contributed by atoms with Crippen molar-refractivity contribution in [2.75, 3.05) is 38.6 Å². The summed E-state index contributed by atoms with van der Waals surface area (Å²) >= 11 is 0. The Morgan fingerprint density at radius 3 is 2.65 bits per heavy atom. The summed E-state index contributed by atoms with van der Waals surface area (Å²) in [6.07, 6.45) is 3.29. The summed E-state index contributed by atoms with van der Waals surface area (Å²) in [6, 6.07) is 10.3. The minimum absolute atomic E-state index is 0. The van der Waals surface area contributed by atoms with Gasteiger partial charge in [0.1, 0.15) is 0 Å². The highest BCUT2D eigenvalue weighted by Crippen LogP contribution is 2.23. The number of rotatable bonds is 7. The maximum absolute atomic E-state index is 5.77. The largest absolute Gasteiger partial charge is 0.385 e. The van der Waals surface area contributed by atoms with Crippen molar-refractivity contribution in [3.05, 3.63) is 30.3 Å². The number of halogens is 1. The molecule has 1 saturated heterocycles. The Balaban J connectivity index is 0.00000264. The molecule has 6 heteroatoms. The Morgan fingerprint density at radius 1 is 1.22 bits per heavy atom. The van der Waals surface area contributed by atoms with Gasteiger partial charge < -0.3 is 20.7 Å². The fraction of sp³-hybridized carbons (Fsp3) is 0.588. The first-order chi connectivity index (χ1) is 10.7. The number of ether oxygens (including phenoxy) is 1. The molecule has 5 nitrogen and oxygen atoms in total. The minimum Gasteiger partial charge on any atom is -0.385 e. The lowest BCUT2D eigenvalue weighted by molar-refractivity contribution is 0.0243. The van der Waals surface area contributed by atoms with Gasteiger partial charge in [0.05, 0.1) is 5.60 Å². The molecule has 0 spiro atoms. The third kappa shape index (κ3) is 7.39. The summed E-state index contributed by atoms with van der Waals surface area (Å²) in [4.78, 5) is 4.25. The second-order valence-corrected chi connectivity index (χ2v) is 5.90. The number of anilines is 1. The Hall–Kier alpha value is -1.02. The zero-order valence-corrected chi connectivity index (χ0v) is 16.4. The topological polar surface area (TPSA) is 57.7 Å². The van der Waals surface area contributed by atoms with Gasteiger partial charge in [0, 0.05) is 39.0 Å². The number of para-hydroxylation sites is 1. The molecule has 23 heavy (non-hydrogen) atoms. The average molecular weight is 432 g/mol. The molecular weight excluding hydrogens is 403 g/mol. The molecule has 0 amide bonds. The van der Waals surface area contributed by atoms with Gasteiger partial charge in [0.15, 0.2) is 5.96 Å². The molecule has 1 aliphatic heterocycles. The van der Waals surface area contributed by atoms with Gasteiger partial charge in [-0.2, -0.15) is 0 Å². The maximum Gasteiger partial charge on any atom is 0.191 e. The lowest BCUT2D eigenvalue weighted by Gasteiger charge is -2.24. The molecule has 130 valence electrons. The first-order valence-electron chi connectivity index (χ1n) is 8.09. The Labute approximate surface area is 156 Å². The van der Waals surface area contributed by atoms with E-state index in [9.17, 15) is 0 Å². The molecule has 0 saturated carbocycles. The van der Waals surface area contributed by atoms with Crippen molar-refractivity contribution in [1.29, 1.82) is 0 Å². The zero-order chi connectivity index (χ0) is 15.7. The van der Waals surface area contributed by atoms with E-state index in [1.807, 2.05) is 18.2 Å². The van der Waals surface area contributed by atoms with Gasteiger partial charge in [-0.1, -0.05) is 18.2 Å². The summed E-state index contributed by atoms with van der Waals surface area (Å²) in [5, 5.41) is 10.1. The molecule has 1 atom stereocenters. The molecule has 1 fully saturated rings. The zero-order valence-electron chi connectivity index (χ0n) is 14.1. The molecule has 0 aromatic heterocycles. The number of nitrogens with one attached hydrogen (secondary N) is 3. The minimum atomic E-state index is -0.0491. The number of guanidine groups is 1. The third-order valence-electron chi connectivity index (χ3n) is 3.90. The predicted octanol–water partition coefficient (Wildman–Crippen LogP) is 2.84. The van der Waals surface area contributed by atoms with Gasteiger partial charge in [0.2, 0.25) is 0 Å². The molecule has 0 bridgehead atoms. The molecule has 1 aromatic carbocycles. The summed E-state index contributed by atoms with van der Waals surface area (Å²) < 4.78 is 5.77. The number of hydrogen-bond donors (Lipinski definition) is 3. The summed E-state index contributed by atoms with van der Waals surface area (Å²) in [5.74, 6) is 0.844. The highest BCUT2D eigenvalue weighted by atomic mass is 127. The number of nitrogens with zero attached hydrogens (tertiary/aromatic N) is 1. The highest BCUT2D eigenvalue weighted by Gasteiger charge is 2.29. The van der Waals surface area contributed by atoms with E-state index in [-0.39, 0.29) is 29.6 Å². The van der Waals surface area contributed by atoms with Gasteiger partial charge >= 0.3 is 0 Å². The van der Waals surface area contributed by atoms with Crippen LogP contribution in [0.4, 0.5) is 5.69 Å². The normalized spacial score (nSPS) is 20.7. The number of aliphatic imine (C=N–C) groups is 1. The van der Waals surface area contributed by atoms with Gasteiger partial charge in [-0.15, -0.1) is 24.0 Å². The maximum atomic E-state index is 5.77. The van der Waals surface area contributed by atoms with E-state index < -0.39 is 0 Å². The molecule has 1 heterocycles. The van der Waals surface area contributed by atoms with Crippen LogP contribution in [0.5, 0.6) is 0 Å². The van der Waals surface area contributed by atoms with Crippen LogP contribution in [0.2, 0.25) is 0 Å². The van der Waals surface area contributed by atoms with E-state index >= 15 is 0 Å². The van der Waals surface area contributed by atoms with Crippen molar-refractivity contribution in [1.82, 2.24) is 10.6 Å². The first kappa shape index (κ1) is 20.0. The molecule has 1 unspecified atom stereocenters. The van der Waals surface area contributed by atoms with Crippen LogP contribution in [-0.2, 0) is 4.74 Å². The third-order valence-corrected chi connectivity index (χ3v) is 3.90. The molecule has 0 radical (unpaired) electrons. The van der Waals surface area contributed by atoms with Crippen molar-refractivity contribution in [2.24, 2.45) is 4.99 Å². The van der Waals surface area contributed by atoms with E-state index in [0.717, 1.165) is 57.2 Å². The second kappa shape index (κ2) is 10.7. The summed E-state index contributed by atoms with van der Waals surface area (Å²) in [5.41, 5.74) is 1.11. The van der Waals surface area contributed by atoms with Crippen LogP contribution >= 0.6 is 24.0 Å². The van der Waals surface area contributed by atoms with Crippen molar-refractivity contribution >= 4 is 35.6 Å². The second-order valence-electron chi connectivity index (χ2n) is 5.90. The lowest BCUT2D eigenvalue weighted by Crippen LogP contribution is -2.45. The van der Waals surface area contributed by atoms with Crippen LogP contribution in [0.3, 0.4) is 0 Å². The van der Waals surface area contributed by atoms with Gasteiger partial charge in [-0.3, -0.25) is 4.99 Å². The van der Waals surface area contributed by atoms with Crippen molar-refractivity contribution in [2.45, 2.75) is 31.8 Å². The van der Waals surface area contributed by atoms with E-state index in [2.05, 4.69) is 40.0 Å². The lowest BCUT2D eigenvalue weighted by atomic mass is 10.0. The predicted molar refractivity (Wildman–Crippen MR) is 108 cm³/mol. The van der Waals surface area contributed by atoms with Crippen LogP contribution in [0.15, 0.2) is 35.3 Å². The quantitative estimate of drug-likeness (QED) is 0.269. The fourth-order valence-electron chi connectivity index (χ4n) is 2.55.